The molecule has 3 aromatic rings. The van der Waals surface area contributed by atoms with Crippen LogP contribution in [0.4, 0.5) is 5.13 Å². The lowest BCUT2D eigenvalue weighted by Crippen LogP contribution is -2.11. The lowest BCUT2D eigenvalue weighted by atomic mass is 10.1. The SMILES string of the molecule is CCc1ccc(-c2csc(NC(=O)c3ccoc3C)n2)cc1. The van der Waals surface area contributed by atoms with Crippen molar-refractivity contribution in [1.29, 1.82) is 0 Å². The molecule has 0 saturated carbocycles. The molecule has 0 radical (unpaired) electrons. The summed E-state index contributed by atoms with van der Waals surface area (Å²) in [5, 5.41) is 5.33. The highest BCUT2D eigenvalue weighted by molar-refractivity contribution is 7.14. The number of hydrogen-bond donors (Lipinski definition) is 1. The van der Waals surface area contributed by atoms with E-state index in [1.54, 1.807) is 13.0 Å². The van der Waals surface area contributed by atoms with Crippen LogP contribution in [0.15, 0.2) is 46.4 Å². The largest absolute Gasteiger partial charge is 0.469 e. The van der Waals surface area contributed by atoms with E-state index in [2.05, 4.69) is 41.5 Å². The number of rotatable bonds is 4. The zero-order valence-electron chi connectivity index (χ0n) is 12.4. The van der Waals surface area contributed by atoms with Crippen LogP contribution in [-0.4, -0.2) is 10.9 Å². The van der Waals surface area contributed by atoms with E-state index in [9.17, 15) is 4.79 Å². The van der Waals surface area contributed by atoms with Crippen LogP contribution in [0.5, 0.6) is 0 Å². The van der Waals surface area contributed by atoms with Gasteiger partial charge in [-0.2, -0.15) is 0 Å². The Hall–Kier alpha value is -2.40. The highest BCUT2D eigenvalue weighted by atomic mass is 32.1. The first kappa shape index (κ1) is 14.5. The molecule has 4 nitrogen and oxygen atoms in total. The van der Waals surface area contributed by atoms with Crippen LogP contribution in [-0.2, 0) is 6.42 Å². The average Bonchev–Trinajstić information content (AvgIpc) is 3.16. The fraction of sp³-hybridized carbons (Fsp3) is 0.176. The second kappa shape index (κ2) is 6.15. The highest BCUT2D eigenvalue weighted by Crippen LogP contribution is 2.25. The second-order valence-corrected chi connectivity index (χ2v) is 5.79. The topological polar surface area (TPSA) is 55.1 Å². The van der Waals surface area contributed by atoms with Crippen molar-refractivity contribution < 1.29 is 9.21 Å². The minimum Gasteiger partial charge on any atom is -0.469 e. The smallest absolute Gasteiger partial charge is 0.260 e. The first-order valence-corrected chi connectivity index (χ1v) is 7.95. The van der Waals surface area contributed by atoms with Crippen molar-refractivity contribution in [2.45, 2.75) is 20.3 Å². The molecule has 0 atom stereocenters. The first-order chi connectivity index (χ1) is 10.7. The number of aryl methyl sites for hydroxylation is 2. The minimum absolute atomic E-state index is 0.200. The molecule has 0 bridgehead atoms. The van der Waals surface area contributed by atoms with Gasteiger partial charge in [-0.1, -0.05) is 31.2 Å². The van der Waals surface area contributed by atoms with Gasteiger partial charge >= 0.3 is 0 Å². The quantitative estimate of drug-likeness (QED) is 0.770. The molecule has 1 N–H and O–H groups in total. The summed E-state index contributed by atoms with van der Waals surface area (Å²) < 4.78 is 5.14. The van der Waals surface area contributed by atoms with Crippen LogP contribution >= 0.6 is 11.3 Å². The number of anilines is 1. The van der Waals surface area contributed by atoms with Gasteiger partial charge in [0.1, 0.15) is 5.76 Å². The fourth-order valence-electron chi connectivity index (χ4n) is 2.16. The van der Waals surface area contributed by atoms with Crippen molar-refractivity contribution in [2.75, 3.05) is 5.32 Å². The number of thiazole rings is 1. The third kappa shape index (κ3) is 2.94. The normalized spacial score (nSPS) is 10.6. The van der Waals surface area contributed by atoms with E-state index in [0.29, 0.717) is 16.5 Å². The highest BCUT2D eigenvalue weighted by Gasteiger charge is 2.13. The zero-order chi connectivity index (χ0) is 15.5. The number of hydrogen-bond acceptors (Lipinski definition) is 4. The van der Waals surface area contributed by atoms with Gasteiger partial charge in [0, 0.05) is 10.9 Å². The van der Waals surface area contributed by atoms with Gasteiger partial charge in [0.25, 0.3) is 5.91 Å². The summed E-state index contributed by atoms with van der Waals surface area (Å²) in [7, 11) is 0. The molecule has 0 saturated heterocycles. The van der Waals surface area contributed by atoms with E-state index in [1.165, 1.54) is 23.2 Å². The number of benzene rings is 1. The Morgan fingerprint density at radius 1 is 1.27 bits per heavy atom. The predicted octanol–water partition coefficient (Wildman–Crippen LogP) is 4.53. The average molecular weight is 312 g/mol. The van der Waals surface area contributed by atoms with E-state index in [-0.39, 0.29) is 5.91 Å². The van der Waals surface area contributed by atoms with Crippen LogP contribution in [0.2, 0.25) is 0 Å². The maximum Gasteiger partial charge on any atom is 0.260 e. The Bertz CT molecular complexity index is 787. The maximum atomic E-state index is 12.1. The van der Waals surface area contributed by atoms with Crippen molar-refractivity contribution in [2.24, 2.45) is 0 Å². The zero-order valence-corrected chi connectivity index (χ0v) is 13.2. The number of nitrogens with one attached hydrogen (secondary N) is 1. The van der Waals surface area contributed by atoms with Gasteiger partial charge in [0.05, 0.1) is 17.5 Å². The fourth-order valence-corrected chi connectivity index (χ4v) is 2.87. The molecule has 112 valence electrons. The Balaban J connectivity index is 1.76. The standard InChI is InChI=1S/C17H16N2O2S/c1-3-12-4-6-13(7-5-12)15-10-22-17(18-15)19-16(20)14-8-9-21-11(14)2/h4-10H,3H2,1-2H3,(H,18,19,20). The van der Waals surface area contributed by atoms with E-state index >= 15 is 0 Å². The van der Waals surface area contributed by atoms with Gasteiger partial charge in [-0.15, -0.1) is 11.3 Å². The molecule has 0 fully saturated rings. The molecule has 0 spiro atoms. The number of aromatic nitrogens is 1. The monoisotopic (exact) mass is 312 g/mol. The van der Waals surface area contributed by atoms with Crippen molar-refractivity contribution in [3.05, 3.63) is 58.9 Å². The van der Waals surface area contributed by atoms with Gasteiger partial charge < -0.3 is 4.42 Å². The molecule has 1 aromatic carbocycles. The van der Waals surface area contributed by atoms with Gasteiger partial charge in [-0.05, 0) is 25.0 Å². The Morgan fingerprint density at radius 2 is 2.05 bits per heavy atom. The Morgan fingerprint density at radius 3 is 2.68 bits per heavy atom. The van der Waals surface area contributed by atoms with Crippen LogP contribution in [0.25, 0.3) is 11.3 Å². The molecule has 5 heteroatoms. The summed E-state index contributed by atoms with van der Waals surface area (Å²) in [6.45, 7) is 3.89. The number of carbonyl (C=O) groups excluding carboxylic acids is 1. The van der Waals surface area contributed by atoms with Crippen LogP contribution in [0.1, 0.15) is 28.6 Å². The van der Waals surface area contributed by atoms with E-state index in [1.807, 2.05) is 5.38 Å². The van der Waals surface area contributed by atoms with Gasteiger partial charge in [-0.3, -0.25) is 10.1 Å². The third-order valence-corrected chi connectivity index (χ3v) is 4.24. The molecular formula is C17H16N2O2S. The molecule has 2 heterocycles. The Kier molecular flexibility index (Phi) is 4.06. The molecule has 0 aliphatic carbocycles. The summed E-state index contributed by atoms with van der Waals surface area (Å²) in [5.41, 5.74) is 3.74. The maximum absolute atomic E-state index is 12.1. The summed E-state index contributed by atoms with van der Waals surface area (Å²) in [6, 6.07) is 9.96. The molecule has 1 amide bonds. The number of furan rings is 1. The third-order valence-electron chi connectivity index (χ3n) is 3.49. The lowest BCUT2D eigenvalue weighted by Gasteiger charge is -2.00. The molecule has 0 unspecified atom stereocenters. The van der Waals surface area contributed by atoms with Gasteiger partial charge in [-0.25, -0.2) is 4.98 Å². The van der Waals surface area contributed by atoms with Crippen molar-refractivity contribution in [1.82, 2.24) is 4.98 Å². The number of amides is 1. The molecule has 22 heavy (non-hydrogen) atoms. The second-order valence-electron chi connectivity index (χ2n) is 4.93. The van der Waals surface area contributed by atoms with Crippen LogP contribution in [0.3, 0.4) is 0 Å². The van der Waals surface area contributed by atoms with E-state index < -0.39 is 0 Å². The summed E-state index contributed by atoms with van der Waals surface area (Å²) in [5.74, 6) is 0.401. The van der Waals surface area contributed by atoms with Crippen LogP contribution in [0, 0.1) is 6.92 Å². The predicted molar refractivity (Wildman–Crippen MR) is 88.3 cm³/mol. The van der Waals surface area contributed by atoms with Crippen molar-refractivity contribution in [3.8, 4) is 11.3 Å². The minimum atomic E-state index is -0.200. The first-order valence-electron chi connectivity index (χ1n) is 7.07. The number of nitrogens with zero attached hydrogens (tertiary/aromatic N) is 1. The van der Waals surface area contributed by atoms with Gasteiger partial charge in [0.2, 0.25) is 0 Å². The van der Waals surface area contributed by atoms with E-state index in [4.69, 9.17) is 4.42 Å². The summed E-state index contributed by atoms with van der Waals surface area (Å²) >= 11 is 1.41. The van der Waals surface area contributed by atoms with Crippen LogP contribution < -0.4 is 5.32 Å². The summed E-state index contributed by atoms with van der Waals surface area (Å²) in [4.78, 5) is 16.6. The Labute approximate surface area is 132 Å². The number of carbonyl (C=O) groups is 1. The molecule has 0 aliphatic heterocycles. The molecule has 0 aliphatic rings. The van der Waals surface area contributed by atoms with Gasteiger partial charge in [0.15, 0.2) is 5.13 Å². The summed E-state index contributed by atoms with van der Waals surface area (Å²) in [6.07, 6.45) is 2.52. The molecule has 2 aromatic heterocycles. The van der Waals surface area contributed by atoms with Crippen molar-refractivity contribution in [3.63, 3.8) is 0 Å². The molecular weight excluding hydrogens is 296 g/mol. The van der Waals surface area contributed by atoms with Crippen molar-refractivity contribution >= 4 is 22.4 Å². The molecule has 3 rings (SSSR count). The lowest BCUT2D eigenvalue weighted by molar-refractivity contribution is 0.102. The van der Waals surface area contributed by atoms with E-state index in [0.717, 1.165) is 17.7 Å².